The van der Waals surface area contributed by atoms with E-state index in [9.17, 15) is 4.79 Å². The van der Waals surface area contributed by atoms with Gasteiger partial charge < -0.3 is 19.9 Å². The molecule has 3 aliphatic rings. The zero-order chi connectivity index (χ0) is 16.2. The second kappa shape index (κ2) is 9.22. The van der Waals surface area contributed by atoms with Crippen LogP contribution in [0.5, 0.6) is 0 Å². The molecule has 0 radical (unpaired) electrons. The average Bonchev–Trinajstić information content (AvgIpc) is 3.09. The number of guanidine groups is 1. The number of carbonyl (C=O) groups excluding carboxylic acids is 1. The highest BCUT2D eigenvalue weighted by Gasteiger charge is 2.38. The number of nitrogens with zero attached hydrogens (tertiary/aromatic N) is 3. The molecule has 1 amide bonds. The number of hydrogen-bond acceptors (Lipinski definition) is 3. The van der Waals surface area contributed by atoms with E-state index in [0.29, 0.717) is 6.04 Å². The summed E-state index contributed by atoms with van der Waals surface area (Å²) in [7, 11) is 1.85. The van der Waals surface area contributed by atoms with E-state index in [4.69, 9.17) is 4.74 Å². The van der Waals surface area contributed by atoms with E-state index in [2.05, 4.69) is 22.1 Å². The number of ether oxygens (including phenoxy) is 1. The third-order valence-corrected chi connectivity index (χ3v) is 5.20. The second-order valence-corrected chi connectivity index (χ2v) is 6.90. The lowest BCUT2D eigenvalue weighted by Crippen LogP contribution is -2.55. The minimum Gasteiger partial charge on any atom is -0.368 e. The summed E-state index contributed by atoms with van der Waals surface area (Å²) in [6.45, 7) is 6.21. The molecule has 24 heavy (non-hydrogen) atoms. The zero-order valence-electron chi connectivity index (χ0n) is 14.9. The van der Waals surface area contributed by atoms with Crippen LogP contribution in [0.25, 0.3) is 0 Å². The van der Waals surface area contributed by atoms with Crippen molar-refractivity contribution in [2.75, 3.05) is 39.8 Å². The predicted octanol–water partition coefficient (Wildman–Crippen LogP) is 1.69. The average molecular weight is 450 g/mol. The molecule has 0 aromatic carbocycles. The van der Waals surface area contributed by atoms with Gasteiger partial charge in [-0.25, -0.2) is 0 Å². The van der Waals surface area contributed by atoms with Gasteiger partial charge in [0.15, 0.2) is 5.96 Å². The minimum atomic E-state index is -0.194. The van der Waals surface area contributed by atoms with Crippen LogP contribution in [0.1, 0.15) is 39.0 Å². The maximum atomic E-state index is 12.4. The molecular formula is C17H31IN4O2. The third-order valence-electron chi connectivity index (χ3n) is 5.20. The molecule has 1 saturated carbocycles. The Morgan fingerprint density at radius 2 is 1.96 bits per heavy atom. The van der Waals surface area contributed by atoms with Crippen LogP contribution in [0.2, 0.25) is 0 Å². The molecule has 3 fully saturated rings. The van der Waals surface area contributed by atoms with Crippen LogP contribution < -0.4 is 5.32 Å². The van der Waals surface area contributed by atoms with E-state index >= 15 is 0 Å². The maximum absolute atomic E-state index is 12.4. The normalized spacial score (nSPS) is 30.1. The van der Waals surface area contributed by atoms with Gasteiger partial charge in [0.05, 0.1) is 0 Å². The first-order valence-corrected chi connectivity index (χ1v) is 9.11. The van der Waals surface area contributed by atoms with Crippen molar-refractivity contribution in [3.8, 4) is 0 Å². The summed E-state index contributed by atoms with van der Waals surface area (Å²) in [5.41, 5.74) is 0. The van der Waals surface area contributed by atoms with Crippen LogP contribution in [-0.2, 0) is 9.53 Å². The molecule has 0 aromatic heterocycles. The topological polar surface area (TPSA) is 57.2 Å². The number of amides is 1. The van der Waals surface area contributed by atoms with Gasteiger partial charge in [-0.05, 0) is 31.6 Å². The Hall–Kier alpha value is -0.570. The fourth-order valence-corrected chi connectivity index (χ4v) is 3.69. The van der Waals surface area contributed by atoms with Gasteiger partial charge in [0.2, 0.25) is 0 Å². The summed E-state index contributed by atoms with van der Waals surface area (Å²) < 4.78 is 5.52. The van der Waals surface area contributed by atoms with Crippen molar-refractivity contribution in [2.45, 2.75) is 51.2 Å². The predicted molar refractivity (Wildman–Crippen MR) is 106 cm³/mol. The van der Waals surface area contributed by atoms with Crippen LogP contribution in [0.4, 0.5) is 0 Å². The van der Waals surface area contributed by atoms with Crippen molar-refractivity contribution >= 4 is 35.8 Å². The highest BCUT2D eigenvalue weighted by molar-refractivity contribution is 14.0. The molecule has 3 unspecified atom stereocenters. The highest BCUT2D eigenvalue weighted by atomic mass is 127. The van der Waals surface area contributed by atoms with Crippen LogP contribution in [0, 0.1) is 5.92 Å². The van der Waals surface area contributed by atoms with Crippen LogP contribution in [0.15, 0.2) is 4.99 Å². The summed E-state index contributed by atoms with van der Waals surface area (Å²) in [6.07, 6.45) is 5.52. The number of piperazine rings is 1. The Labute approximate surface area is 162 Å². The van der Waals surface area contributed by atoms with Crippen molar-refractivity contribution in [3.05, 3.63) is 0 Å². The van der Waals surface area contributed by atoms with Crippen molar-refractivity contribution in [2.24, 2.45) is 10.9 Å². The number of halogens is 1. The Kier molecular flexibility index (Phi) is 7.59. The highest BCUT2D eigenvalue weighted by Crippen LogP contribution is 2.34. The van der Waals surface area contributed by atoms with E-state index in [0.717, 1.165) is 57.5 Å². The quantitative estimate of drug-likeness (QED) is 0.403. The smallest absolute Gasteiger partial charge is 0.251 e. The first-order chi connectivity index (χ1) is 11.2. The first kappa shape index (κ1) is 19.8. The van der Waals surface area contributed by atoms with Crippen LogP contribution in [0.3, 0.4) is 0 Å². The number of aliphatic imine (C=N–C) groups is 1. The summed E-state index contributed by atoms with van der Waals surface area (Å²) in [4.78, 5) is 21.1. The molecule has 0 spiro atoms. The molecule has 0 aromatic rings. The Bertz CT molecular complexity index is 446. The van der Waals surface area contributed by atoms with Crippen LogP contribution >= 0.6 is 24.0 Å². The molecule has 1 N–H and O–H groups in total. The van der Waals surface area contributed by atoms with Crippen molar-refractivity contribution in [3.63, 3.8) is 0 Å². The van der Waals surface area contributed by atoms with E-state index < -0.39 is 0 Å². The molecule has 3 rings (SSSR count). The van der Waals surface area contributed by atoms with E-state index in [-0.39, 0.29) is 36.0 Å². The molecule has 138 valence electrons. The van der Waals surface area contributed by atoms with Crippen molar-refractivity contribution < 1.29 is 9.53 Å². The zero-order valence-corrected chi connectivity index (χ0v) is 17.2. The monoisotopic (exact) mass is 450 g/mol. The Morgan fingerprint density at radius 1 is 1.25 bits per heavy atom. The van der Waals surface area contributed by atoms with Gasteiger partial charge in [0.1, 0.15) is 6.10 Å². The molecule has 1 aliphatic carbocycles. The largest absolute Gasteiger partial charge is 0.368 e. The van der Waals surface area contributed by atoms with Gasteiger partial charge in [-0.2, -0.15) is 0 Å². The number of carbonyl (C=O) groups is 1. The number of rotatable bonds is 4. The first-order valence-electron chi connectivity index (χ1n) is 9.11. The summed E-state index contributed by atoms with van der Waals surface area (Å²) in [5.74, 6) is 1.99. The van der Waals surface area contributed by atoms with E-state index in [1.165, 1.54) is 19.3 Å². The van der Waals surface area contributed by atoms with Gasteiger partial charge >= 0.3 is 0 Å². The fraction of sp³-hybridized carbons (Fsp3) is 0.882. The van der Waals surface area contributed by atoms with E-state index in [1.807, 2.05) is 11.9 Å². The SMILES string of the molecule is CCCC1CC1NC(=NC)N1CCN(C(=O)C2CCCO2)CC1.I. The molecule has 2 aliphatic heterocycles. The minimum absolute atomic E-state index is 0. The lowest BCUT2D eigenvalue weighted by atomic mass is 10.2. The molecule has 3 atom stereocenters. The van der Waals surface area contributed by atoms with Gasteiger partial charge in [0.25, 0.3) is 5.91 Å². The lowest BCUT2D eigenvalue weighted by Gasteiger charge is -2.37. The molecule has 2 saturated heterocycles. The number of nitrogens with one attached hydrogen (secondary N) is 1. The Morgan fingerprint density at radius 3 is 2.54 bits per heavy atom. The third kappa shape index (κ3) is 4.74. The summed E-state index contributed by atoms with van der Waals surface area (Å²) in [6, 6.07) is 0.597. The van der Waals surface area contributed by atoms with Gasteiger partial charge in [-0.1, -0.05) is 13.3 Å². The fourth-order valence-electron chi connectivity index (χ4n) is 3.69. The van der Waals surface area contributed by atoms with Crippen molar-refractivity contribution in [1.29, 1.82) is 0 Å². The molecular weight excluding hydrogens is 419 g/mol. The molecule has 0 bridgehead atoms. The maximum Gasteiger partial charge on any atom is 0.251 e. The van der Waals surface area contributed by atoms with Gasteiger partial charge in [0, 0.05) is 45.9 Å². The Balaban J connectivity index is 0.00000208. The standard InChI is InChI=1S/C17H30N4O2.HI/c1-3-5-13-12-14(13)19-17(18-2)21-9-7-20(8-10-21)16(22)15-6-4-11-23-15;/h13-15H,3-12H2,1-2H3,(H,18,19);1H. The molecule has 2 heterocycles. The van der Waals surface area contributed by atoms with Crippen molar-refractivity contribution in [1.82, 2.24) is 15.1 Å². The second-order valence-electron chi connectivity index (χ2n) is 6.90. The summed E-state index contributed by atoms with van der Waals surface area (Å²) in [5, 5.41) is 3.59. The van der Waals surface area contributed by atoms with Gasteiger partial charge in [-0.3, -0.25) is 9.79 Å². The van der Waals surface area contributed by atoms with E-state index in [1.54, 1.807) is 0 Å². The lowest BCUT2D eigenvalue weighted by molar-refractivity contribution is -0.142. The summed E-state index contributed by atoms with van der Waals surface area (Å²) >= 11 is 0. The van der Waals surface area contributed by atoms with Crippen LogP contribution in [-0.4, -0.2) is 73.6 Å². The van der Waals surface area contributed by atoms with Gasteiger partial charge in [-0.15, -0.1) is 24.0 Å². The number of hydrogen-bond donors (Lipinski definition) is 1. The molecule has 7 heteroatoms. The molecule has 6 nitrogen and oxygen atoms in total.